The van der Waals surface area contributed by atoms with Crippen LogP contribution in [0.2, 0.25) is 0 Å². The van der Waals surface area contributed by atoms with Crippen molar-refractivity contribution in [1.29, 1.82) is 0 Å². The van der Waals surface area contributed by atoms with Gasteiger partial charge in [0.2, 0.25) is 15.9 Å². The van der Waals surface area contributed by atoms with E-state index in [1.165, 1.54) is 4.31 Å². The first-order chi connectivity index (χ1) is 12.5. The van der Waals surface area contributed by atoms with Gasteiger partial charge in [-0.1, -0.05) is 6.92 Å². The number of carbonyl (C=O) groups is 1. The Hall–Kier alpha value is -1.80. The van der Waals surface area contributed by atoms with Crippen LogP contribution in [0.3, 0.4) is 0 Å². The quantitative estimate of drug-likeness (QED) is 0.791. The third-order valence-electron chi connectivity index (χ3n) is 5.33. The molecule has 4 rings (SSSR count). The SMILES string of the molecule is C[C@@H]1C[C@H]1C(=O)N1CCN(S(=O)(=O)c2ccc3c(c2)OCCCO3)CC1. The fourth-order valence-electron chi connectivity index (χ4n) is 3.50. The van der Waals surface area contributed by atoms with E-state index in [-0.39, 0.29) is 16.7 Å². The molecule has 0 aromatic heterocycles. The summed E-state index contributed by atoms with van der Waals surface area (Å²) in [7, 11) is -3.61. The van der Waals surface area contributed by atoms with Gasteiger partial charge < -0.3 is 14.4 Å². The Morgan fingerprint density at radius 3 is 2.38 bits per heavy atom. The van der Waals surface area contributed by atoms with Crippen molar-refractivity contribution in [2.45, 2.75) is 24.7 Å². The topological polar surface area (TPSA) is 76.2 Å². The van der Waals surface area contributed by atoms with Gasteiger partial charge >= 0.3 is 0 Å². The molecule has 26 heavy (non-hydrogen) atoms. The van der Waals surface area contributed by atoms with Crippen molar-refractivity contribution in [2.75, 3.05) is 39.4 Å². The third kappa shape index (κ3) is 3.27. The van der Waals surface area contributed by atoms with Crippen LogP contribution in [0.25, 0.3) is 0 Å². The summed E-state index contributed by atoms with van der Waals surface area (Å²) in [4.78, 5) is 14.3. The zero-order valence-electron chi connectivity index (χ0n) is 14.9. The average Bonchev–Trinajstić information content (AvgIpc) is 3.42. The highest BCUT2D eigenvalue weighted by atomic mass is 32.2. The van der Waals surface area contributed by atoms with Gasteiger partial charge in [-0.15, -0.1) is 0 Å². The minimum atomic E-state index is -3.61. The first kappa shape index (κ1) is 17.6. The molecule has 2 aliphatic heterocycles. The van der Waals surface area contributed by atoms with Gasteiger partial charge in [-0.05, 0) is 24.5 Å². The van der Waals surface area contributed by atoms with E-state index in [9.17, 15) is 13.2 Å². The van der Waals surface area contributed by atoms with Gasteiger partial charge in [0.15, 0.2) is 11.5 Å². The lowest BCUT2D eigenvalue weighted by Gasteiger charge is -2.34. The summed E-state index contributed by atoms with van der Waals surface area (Å²) in [6.45, 7) is 4.70. The molecule has 1 saturated heterocycles. The number of amides is 1. The van der Waals surface area contributed by atoms with Crippen LogP contribution in [0.4, 0.5) is 0 Å². The molecule has 8 heteroatoms. The van der Waals surface area contributed by atoms with Crippen molar-refractivity contribution >= 4 is 15.9 Å². The number of piperazine rings is 1. The van der Waals surface area contributed by atoms with Crippen LogP contribution in [0, 0.1) is 11.8 Å². The zero-order chi connectivity index (χ0) is 18.3. The highest BCUT2D eigenvalue weighted by Crippen LogP contribution is 2.39. The normalized spacial score (nSPS) is 26.3. The van der Waals surface area contributed by atoms with Crippen molar-refractivity contribution in [2.24, 2.45) is 11.8 Å². The molecule has 2 atom stereocenters. The lowest BCUT2D eigenvalue weighted by atomic mass is 10.2. The number of hydrogen-bond donors (Lipinski definition) is 0. The Bertz CT molecular complexity index is 802. The Balaban J connectivity index is 1.46. The lowest BCUT2D eigenvalue weighted by molar-refractivity contribution is -0.134. The van der Waals surface area contributed by atoms with Gasteiger partial charge in [0.05, 0.1) is 18.1 Å². The van der Waals surface area contributed by atoms with Gasteiger partial charge in [-0.25, -0.2) is 8.42 Å². The molecule has 1 aromatic carbocycles. The highest BCUT2D eigenvalue weighted by molar-refractivity contribution is 7.89. The molecule has 2 fully saturated rings. The summed E-state index contributed by atoms with van der Waals surface area (Å²) in [6.07, 6.45) is 1.72. The lowest BCUT2D eigenvalue weighted by Crippen LogP contribution is -2.51. The van der Waals surface area contributed by atoms with Crippen LogP contribution in [-0.2, 0) is 14.8 Å². The van der Waals surface area contributed by atoms with Crippen LogP contribution in [0.15, 0.2) is 23.1 Å². The second kappa shape index (κ2) is 6.74. The maximum absolute atomic E-state index is 13.0. The second-order valence-corrected chi connectivity index (χ2v) is 9.15. The van der Waals surface area contributed by atoms with E-state index in [4.69, 9.17) is 9.47 Å². The van der Waals surface area contributed by atoms with Gasteiger partial charge in [-0.3, -0.25) is 4.79 Å². The largest absolute Gasteiger partial charge is 0.490 e. The molecule has 0 N–H and O–H groups in total. The van der Waals surface area contributed by atoms with Crippen molar-refractivity contribution in [3.8, 4) is 11.5 Å². The molecule has 0 radical (unpaired) electrons. The number of carbonyl (C=O) groups excluding carboxylic acids is 1. The molecule has 1 aromatic rings. The summed E-state index contributed by atoms with van der Waals surface area (Å²) in [6, 6.07) is 4.76. The van der Waals surface area contributed by atoms with Gasteiger partial charge in [-0.2, -0.15) is 4.31 Å². The maximum Gasteiger partial charge on any atom is 0.243 e. The summed E-state index contributed by atoms with van der Waals surface area (Å²) in [5.74, 6) is 1.83. The maximum atomic E-state index is 13.0. The van der Waals surface area contributed by atoms with E-state index < -0.39 is 10.0 Å². The molecular weight excluding hydrogens is 356 g/mol. The standard InChI is InChI=1S/C18H24N2O5S/c1-13-11-15(13)18(21)19-5-7-20(8-6-19)26(22,23)14-3-4-16-17(12-14)25-10-2-9-24-16/h3-4,12-13,15H,2,5-11H2,1H3/t13-,15-/m1/s1. The van der Waals surface area contributed by atoms with Gasteiger partial charge in [0.1, 0.15) is 0 Å². The fraction of sp³-hybridized carbons (Fsp3) is 0.611. The van der Waals surface area contributed by atoms with Crippen LogP contribution >= 0.6 is 0 Å². The highest BCUT2D eigenvalue weighted by Gasteiger charge is 2.42. The molecule has 0 unspecified atom stereocenters. The second-order valence-electron chi connectivity index (χ2n) is 7.21. The molecule has 142 valence electrons. The number of ether oxygens (including phenoxy) is 2. The molecule has 0 bridgehead atoms. The Labute approximate surface area is 153 Å². The molecule has 7 nitrogen and oxygen atoms in total. The first-order valence-corrected chi connectivity index (χ1v) is 10.6. The van der Waals surface area contributed by atoms with Crippen LogP contribution < -0.4 is 9.47 Å². The Morgan fingerprint density at radius 1 is 1.08 bits per heavy atom. The summed E-state index contributed by atoms with van der Waals surface area (Å²) in [5, 5.41) is 0. The number of fused-ring (bicyclic) bond motifs is 1. The zero-order valence-corrected chi connectivity index (χ0v) is 15.7. The van der Waals surface area contributed by atoms with Crippen LogP contribution in [0.1, 0.15) is 19.8 Å². The van der Waals surface area contributed by atoms with E-state index >= 15 is 0 Å². The van der Waals surface area contributed by atoms with E-state index in [1.54, 1.807) is 23.1 Å². The van der Waals surface area contributed by atoms with E-state index in [0.29, 0.717) is 56.8 Å². The molecule has 0 spiro atoms. The smallest absolute Gasteiger partial charge is 0.243 e. The van der Waals surface area contributed by atoms with Gasteiger partial charge in [0, 0.05) is 44.6 Å². The third-order valence-corrected chi connectivity index (χ3v) is 7.23. The predicted octanol–water partition coefficient (Wildman–Crippen LogP) is 1.34. The summed E-state index contributed by atoms with van der Waals surface area (Å²) >= 11 is 0. The van der Waals surface area contributed by atoms with Crippen LogP contribution in [0.5, 0.6) is 11.5 Å². The van der Waals surface area contributed by atoms with Crippen molar-refractivity contribution in [1.82, 2.24) is 9.21 Å². The summed E-state index contributed by atoms with van der Waals surface area (Å²) in [5.41, 5.74) is 0. The monoisotopic (exact) mass is 380 g/mol. The minimum absolute atomic E-state index is 0.139. The number of rotatable bonds is 3. The first-order valence-electron chi connectivity index (χ1n) is 9.15. The molecule has 2 heterocycles. The molecule has 3 aliphatic rings. The van der Waals surface area contributed by atoms with E-state index in [2.05, 4.69) is 6.92 Å². The summed E-state index contributed by atoms with van der Waals surface area (Å²) < 4.78 is 38.5. The Kier molecular flexibility index (Phi) is 4.56. The Morgan fingerprint density at radius 2 is 1.73 bits per heavy atom. The molecule has 1 aliphatic carbocycles. The average molecular weight is 380 g/mol. The fourth-order valence-corrected chi connectivity index (χ4v) is 4.94. The van der Waals surface area contributed by atoms with E-state index in [1.807, 2.05) is 0 Å². The molecule has 1 amide bonds. The van der Waals surface area contributed by atoms with Gasteiger partial charge in [0.25, 0.3) is 0 Å². The van der Waals surface area contributed by atoms with Crippen molar-refractivity contribution in [3.63, 3.8) is 0 Å². The van der Waals surface area contributed by atoms with Crippen LogP contribution in [-0.4, -0.2) is 62.9 Å². The minimum Gasteiger partial charge on any atom is -0.490 e. The molecule has 1 saturated carbocycles. The van der Waals surface area contributed by atoms with Crippen molar-refractivity contribution in [3.05, 3.63) is 18.2 Å². The van der Waals surface area contributed by atoms with E-state index in [0.717, 1.165) is 12.8 Å². The molecular formula is C18H24N2O5S. The number of nitrogens with zero attached hydrogens (tertiary/aromatic N) is 2. The number of benzene rings is 1. The number of sulfonamides is 1. The van der Waals surface area contributed by atoms with Crippen molar-refractivity contribution < 1.29 is 22.7 Å². The predicted molar refractivity (Wildman–Crippen MR) is 94.7 cm³/mol. The number of hydrogen-bond acceptors (Lipinski definition) is 5.